The maximum absolute atomic E-state index is 13.0. The van der Waals surface area contributed by atoms with Crippen molar-refractivity contribution in [2.75, 3.05) is 24.5 Å². The van der Waals surface area contributed by atoms with Crippen LogP contribution in [-0.4, -0.2) is 66.7 Å². The second-order valence-electron chi connectivity index (χ2n) is 8.10. The largest absolute Gasteiger partial charge is 0.481 e. The second kappa shape index (κ2) is 11.4. The third-order valence-corrected chi connectivity index (χ3v) is 7.84. The maximum atomic E-state index is 13.0. The average molecular weight is 477 g/mol. The Kier molecular flexibility index (Phi) is 8.65. The van der Waals surface area contributed by atoms with Gasteiger partial charge in [-0.15, -0.1) is 0 Å². The van der Waals surface area contributed by atoms with Crippen molar-refractivity contribution >= 4 is 21.7 Å². The van der Waals surface area contributed by atoms with E-state index in [-0.39, 0.29) is 12.8 Å². The number of aliphatic carboxylic acids is 1. The third-order valence-electron chi connectivity index (χ3n) is 5.84. The fraction of sp³-hybridized carbons (Fsp3) is 0.478. The van der Waals surface area contributed by atoms with E-state index in [0.717, 1.165) is 5.69 Å². The minimum atomic E-state index is -3.59. The highest BCUT2D eigenvalue weighted by Crippen LogP contribution is 2.24. The van der Waals surface area contributed by atoms with Gasteiger partial charge in [-0.3, -0.25) is 9.78 Å². The van der Waals surface area contributed by atoms with Gasteiger partial charge >= 0.3 is 5.97 Å². The number of hydrogen-bond donors (Lipinski definition) is 2. The molecular formula is C23H32N4O5S. The Hall–Kier alpha value is -2.69. The minimum Gasteiger partial charge on any atom is -0.481 e. The van der Waals surface area contributed by atoms with Gasteiger partial charge in [0.1, 0.15) is 5.75 Å². The molecule has 0 saturated carbocycles. The zero-order valence-corrected chi connectivity index (χ0v) is 19.8. The topological polar surface area (TPSA) is 112 Å². The predicted octanol–water partition coefficient (Wildman–Crippen LogP) is 2.52. The molecule has 2 aromatic rings. The van der Waals surface area contributed by atoms with Crippen molar-refractivity contribution in [3.05, 3.63) is 54.9 Å². The van der Waals surface area contributed by atoms with Crippen LogP contribution in [0.25, 0.3) is 0 Å². The van der Waals surface area contributed by atoms with E-state index in [2.05, 4.69) is 14.6 Å². The number of nitrogens with one attached hydrogen (secondary N) is 1. The minimum absolute atomic E-state index is 0.0904. The highest BCUT2D eigenvalue weighted by atomic mass is 32.2. The van der Waals surface area contributed by atoms with Gasteiger partial charge in [-0.2, -0.15) is 4.72 Å². The van der Waals surface area contributed by atoms with Crippen LogP contribution in [0.4, 0.5) is 5.69 Å². The van der Waals surface area contributed by atoms with Gasteiger partial charge in [0.25, 0.3) is 0 Å². The summed E-state index contributed by atoms with van der Waals surface area (Å²) in [6.45, 7) is 5.03. The first-order valence-electron chi connectivity index (χ1n) is 11.2. The molecule has 0 spiro atoms. The molecule has 0 radical (unpaired) electrons. The number of carbonyl (C=O) groups is 1. The number of rotatable bonds is 11. The fourth-order valence-corrected chi connectivity index (χ4v) is 5.02. The molecule has 0 bridgehead atoms. The summed E-state index contributed by atoms with van der Waals surface area (Å²) in [4.78, 5) is 19.4. The molecule has 1 fully saturated rings. The second-order valence-corrected chi connectivity index (χ2v) is 10.2. The highest BCUT2D eigenvalue weighted by molar-refractivity contribution is 7.90. The van der Waals surface area contributed by atoms with Crippen LogP contribution < -0.4 is 14.4 Å². The summed E-state index contributed by atoms with van der Waals surface area (Å²) in [5.74, 6) is -0.322. The fourth-order valence-electron chi connectivity index (χ4n) is 3.76. The zero-order valence-electron chi connectivity index (χ0n) is 19.0. The van der Waals surface area contributed by atoms with Crippen molar-refractivity contribution in [3.63, 3.8) is 0 Å². The number of sulfonamides is 1. The van der Waals surface area contributed by atoms with Gasteiger partial charge in [-0.05, 0) is 37.6 Å². The molecule has 3 atom stereocenters. The molecule has 1 aromatic heterocycles. The van der Waals surface area contributed by atoms with Crippen molar-refractivity contribution < 1.29 is 23.1 Å². The molecule has 1 aromatic carbocycles. The van der Waals surface area contributed by atoms with Crippen molar-refractivity contribution in [3.8, 4) is 5.75 Å². The van der Waals surface area contributed by atoms with Crippen molar-refractivity contribution in [1.82, 2.24) is 14.6 Å². The molecule has 3 rings (SSSR count). The molecule has 1 aliphatic rings. The molecular weight excluding hydrogens is 444 g/mol. The molecule has 1 aliphatic heterocycles. The number of carboxylic acids is 1. The van der Waals surface area contributed by atoms with Gasteiger partial charge in [-0.1, -0.05) is 25.1 Å². The van der Waals surface area contributed by atoms with Crippen LogP contribution in [-0.2, 0) is 14.8 Å². The highest BCUT2D eigenvalue weighted by Gasteiger charge is 2.37. The SMILES string of the molecule is CCC(C)S(=O)(=O)NC1CN(c2ccncc2)CCN1C(CCC(=O)O)Oc1ccccc1. The summed E-state index contributed by atoms with van der Waals surface area (Å²) in [6, 6.07) is 12.9. The lowest BCUT2D eigenvalue weighted by atomic mass is 10.2. The number of benzene rings is 1. The van der Waals surface area contributed by atoms with Crippen LogP contribution in [0.2, 0.25) is 0 Å². The summed E-state index contributed by atoms with van der Waals surface area (Å²) in [5.41, 5.74) is 0.948. The number of pyridine rings is 1. The Bertz CT molecular complexity index is 990. The van der Waals surface area contributed by atoms with Gasteiger partial charge in [0.2, 0.25) is 10.0 Å². The number of aromatic nitrogens is 1. The van der Waals surface area contributed by atoms with Crippen molar-refractivity contribution in [1.29, 1.82) is 0 Å². The Balaban J connectivity index is 1.89. The Morgan fingerprint density at radius 2 is 1.91 bits per heavy atom. The lowest BCUT2D eigenvalue weighted by Gasteiger charge is -2.45. The molecule has 1 saturated heterocycles. The molecule has 180 valence electrons. The summed E-state index contributed by atoms with van der Waals surface area (Å²) >= 11 is 0. The number of para-hydroxylation sites is 1. The Morgan fingerprint density at radius 1 is 1.21 bits per heavy atom. The van der Waals surface area contributed by atoms with Gasteiger partial charge in [0.15, 0.2) is 6.23 Å². The zero-order chi connectivity index (χ0) is 23.8. The monoisotopic (exact) mass is 476 g/mol. The van der Waals surface area contributed by atoms with E-state index >= 15 is 0 Å². The van der Waals surface area contributed by atoms with Crippen LogP contribution in [0.1, 0.15) is 33.1 Å². The van der Waals surface area contributed by atoms with Crippen molar-refractivity contribution in [2.24, 2.45) is 0 Å². The molecule has 3 unspecified atom stereocenters. The van der Waals surface area contributed by atoms with E-state index in [0.29, 0.717) is 31.8 Å². The number of anilines is 1. The smallest absolute Gasteiger partial charge is 0.303 e. The number of carboxylic acid groups (broad SMARTS) is 1. The van der Waals surface area contributed by atoms with E-state index in [1.165, 1.54) is 0 Å². The summed E-state index contributed by atoms with van der Waals surface area (Å²) in [6.07, 6.45) is 2.83. The van der Waals surface area contributed by atoms with Gasteiger partial charge in [-0.25, -0.2) is 13.3 Å². The van der Waals surface area contributed by atoms with Crippen molar-refractivity contribution in [2.45, 2.75) is 50.8 Å². The molecule has 2 heterocycles. The number of hydrogen-bond acceptors (Lipinski definition) is 7. The first-order chi connectivity index (χ1) is 15.8. The predicted molar refractivity (Wildman–Crippen MR) is 126 cm³/mol. The maximum Gasteiger partial charge on any atom is 0.303 e. The summed E-state index contributed by atoms with van der Waals surface area (Å²) in [7, 11) is -3.59. The van der Waals surface area contributed by atoms with Crippen LogP contribution >= 0.6 is 0 Å². The molecule has 9 nitrogen and oxygen atoms in total. The average Bonchev–Trinajstić information content (AvgIpc) is 2.82. The first kappa shape index (κ1) is 24.9. The first-order valence-corrected chi connectivity index (χ1v) is 12.7. The van der Waals surface area contributed by atoms with Gasteiger partial charge in [0.05, 0.1) is 17.8 Å². The van der Waals surface area contributed by atoms with Crippen LogP contribution in [0.15, 0.2) is 54.9 Å². The third kappa shape index (κ3) is 6.89. The molecule has 0 amide bonds. The van der Waals surface area contributed by atoms with E-state index in [1.807, 2.05) is 42.2 Å². The number of nitrogens with zero attached hydrogens (tertiary/aromatic N) is 3. The Morgan fingerprint density at radius 3 is 2.55 bits per heavy atom. The number of piperazine rings is 1. The molecule has 10 heteroatoms. The lowest BCUT2D eigenvalue weighted by Crippen LogP contribution is -2.64. The Labute approximate surface area is 195 Å². The normalized spacial score (nSPS) is 19.1. The number of ether oxygens (including phenoxy) is 1. The van der Waals surface area contributed by atoms with Gasteiger partial charge in [0, 0.05) is 44.1 Å². The van der Waals surface area contributed by atoms with Crippen LogP contribution in [0.3, 0.4) is 0 Å². The van der Waals surface area contributed by atoms with Gasteiger partial charge < -0.3 is 14.7 Å². The van der Waals surface area contributed by atoms with Crippen LogP contribution in [0, 0.1) is 0 Å². The molecule has 2 N–H and O–H groups in total. The lowest BCUT2D eigenvalue weighted by molar-refractivity contribution is -0.138. The van der Waals surface area contributed by atoms with Crippen LogP contribution in [0.5, 0.6) is 5.75 Å². The molecule has 0 aliphatic carbocycles. The standard InChI is InChI=1S/C23H32N4O5S/c1-3-18(2)33(30,31)25-21-17-26(19-11-13-24-14-12-19)15-16-27(21)22(9-10-23(28)29)32-20-7-5-4-6-8-20/h4-8,11-14,18,21-22,25H,3,9-10,15-17H2,1-2H3,(H,28,29). The van der Waals surface area contributed by atoms with E-state index in [4.69, 9.17) is 4.74 Å². The van der Waals surface area contributed by atoms with E-state index < -0.39 is 33.6 Å². The quantitative estimate of drug-likeness (QED) is 0.509. The summed E-state index contributed by atoms with van der Waals surface area (Å²) < 4.78 is 35.0. The van der Waals surface area contributed by atoms with E-state index in [1.54, 1.807) is 31.5 Å². The molecule has 33 heavy (non-hydrogen) atoms. The van der Waals surface area contributed by atoms with E-state index in [9.17, 15) is 18.3 Å². The summed E-state index contributed by atoms with van der Waals surface area (Å²) in [5, 5.41) is 8.72.